The van der Waals surface area contributed by atoms with Gasteiger partial charge in [0.2, 0.25) is 0 Å². The van der Waals surface area contributed by atoms with Gasteiger partial charge in [0.15, 0.2) is 6.79 Å². The molecule has 0 amide bonds. The summed E-state index contributed by atoms with van der Waals surface area (Å²) in [5.41, 5.74) is 2.73. The second-order valence-electron chi connectivity index (χ2n) is 4.53. The summed E-state index contributed by atoms with van der Waals surface area (Å²) >= 11 is 0. The molecule has 0 unspecified atom stereocenters. The topological polar surface area (TPSA) is 44.8 Å². The molecule has 0 heterocycles. The molecule has 0 aliphatic heterocycles. The van der Waals surface area contributed by atoms with E-state index in [9.17, 15) is 4.79 Å². The first kappa shape index (κ1) is 15.8. The van der Waals surface area contributed by atoms with Crippen LogP contribution in [0.3, 0.4) is 0 Å². The van der Waals surface area contributed by atoms with E-state index in [1.807, 2.05) is 49.4 Å². The monoisotopic (exact) mass is 298 g/mol. The molecule has 0 saturated heterocycles. The van der Waals surface area contributed by atoms with Crippen LogP contribution in [0.2, 0.25) is 0 Å². The second-order valence-corrected chi connectivity index (χ2v) is 4.53. The number of hydrogen-bond donors (Lipinski definition) is 0. The van der Waals surface area contributed by atoms with Crippen molar-refractivity contribution in [1.82, 2.24) is 0 Å². The Balaban J connectivity index is 2.36. The first-order chi connectivity index (χ1) is 10.8. The number of methoxy groups -OCH3 is 1. The summed E-state index contributed by atoms with van der Waals surface area (Å²) in [7, 11) is 1.58. The first-order valence-electron chi connectivity index (χ1n) is 6.98. The molecule has 0 atom stereocenters. The molecule has 0 aromatic heterocycles. The summed E-state index contributed by atoms with van der Waals surface area (Å²) in [6.45, 7) is 2.69. The van der Waals surface area contributed by atoms with E-state index >= 15 is 0 Å². The lowest BCUT2D eigenvalue weighted by Gasteiger charge is -2.13. The van der Waals surface area contributed by atoms with Crippen LogP contribution in [0.15, 0.2) is 42.5 Å². The van der Waals surface area contributed by atoms with Crippen LogP contribution in [-0.4, -0.2) is 26.5 Å². The van der Waals surface area contributed by atoms with Crippen LogP contribution >= 0.6 is 0 Å². The standard InChI is InChI=1S/C18H18O4/c1-3-21-16-8-9-17(18(12-16)22-13-20-2)15-6-4-14(5-7-15)10-11-19/h4-10,12H,3,13H2,1-2H3. The number of carbonyl (C=O) groups excluding carboxylic acids is 1. The van der Waals surface area contributed by atoms with E-state index < -0.39 is 0 Å². The summed E-state index contributed by atoms with van der Waals surface area (Å²) < 4.78 is 16.1. The van der Waals surface area contributed by atoms with E-state index in [1.165, 1.54) is 6.08 Å². The zero-order chi connectivity index (χ0) is 15.8. The van der Waals surface area contributed by atoms with Crippen LogP contribution < -0.4 is 9.47 Å². The van der Waals surface area contributed by atoms with E-state index in [0.29, 0.717) is 12.4 Å². The lowest BCUT2D eigenvalue weighted by atomic mass is 10.0. The Labute approximate surface area is 129 Å². The number of ether oxygens (including phenoxy) is 3. The van der Waals surface area contributed by atoms with E-state index in [2.05, 4.69) is 0 Å². The summed E-state index contributed by atoms with van der Waals surface area (Å²) in [5.74, 6) is 3.21. The van der Waals surface area contributed by atoms with Crippen molar-refractivity contribution in [3.05, 3.63) is 48.0 Å². The van der Waals surface area contributed by atoms with Crippen LogP contribution in [0, 0.1) is 0 Å². The fourth-order valence-electron chi connectivity index (χ4n) is 2.07. The zero-order valence-electron chi connectivity index (χ0n) is 12.7. The molecule has 0 spiro atoms. The van der Waals surface area contributed by atoms with E-state index in [-0.39, 0.29) is 6.79 Å². The van der Waals surface area contributed by atoms with Crippen molar-refractivity contribution in [2.24, 2.45) is 0 Å². The van der Waals surface area contributed by atoms with Gasteiger partial charge < -0.3 is 14.2 Å². The van der Waals surface area contributed by atoms with Gasteiger partial charge in [0.05, 0.1) is 6.61 Å². The molecular formula is C18H18O4. The molecule has 0 saturated carbocycles. The highest BCUT2D eigenvalue weighted by atomic mass is 16.7. The van der Waals surface area contributed by atoms with Crippen LogP contribution in [0.4, 0.5) is 0 Å². The van der Waals surface area contributed by atoms with Crippen molar-refractivity contribution in [1.29, 1.82) is 0 Å². The van der Waals surface area contributed by atoms with Gasteiger partial charge in [0.25, 0.3) is 0 Å². The third-order valence-corrected chi connectivity index (χ3v) is 3.04. The number of benzene rings is 2. The van der Waals surface area contributed by atoms with Gasteiger partial charge >= 0.3 is 0 Å². The highest BCUT2D eigenvalue weighted by molar-refractivity contribution is 5.77. The first-order valence-corrected chi connectivity index (χ1v) is 6.98. The summed E-state index contributed by atoms with van der Waals surface area (Å²) in [6.07, 6.45) is 1.39. The molecule has 0 aliphatic carbocycles. The van der Waals surface area contributed by atoms with E-state index in [4.69, 9.17) is 14.2 Å². The van der Waals surface area contributed by atoms with Crippen molar-refractivity contribution in [3.63, 3.8) is 0 Å². The largest absolute Gasteiger partial charge is 0.494 e. The Bertz CT molecular complexity index is 655. The minimum atomic E-state index is 0.161. The molecule has 0 aliphatic rings. The molecule has 4 nitrogen and oxygen atoms in total. The van der Waals surface area contributed by atoms with Gasteiger partial charge in [-0.1, -0.05) is 24.3 Å². The Morgan fingerprint density at radius 3 is 2.50 bits per heavy atom. The Hall–Kier alpha value is -2.55. The smallest absolute Gasteiger partial charge is 0.188 e. The molecule has 0 fully saturated rings. The lowest BCUT2D eigenvalue weighted by Crippen LogP contribution is -2.01. The highest BCUT2D eigenvalue weighted by Crippen LogP contribution is 2.33. The average molecular weight is 298 g/mol. The highest BCUT2D eigenvalue weighted by Gasteiger charge is 2.08. The van der Waals surface area contributed by atoms with Crippen molar-refractivity contribution in [2.75, 3.05) is 20.5 Å². The predicted molar refractivity (Wildman–Crippen MR) is 85.7 cm³/mol. The third kappa shape index (κ3) is 3.98. The normalized spacial score (nSPS) is 9.91. The quantitative estimate of drug-likeness (QED) is 0.579. The van der Waals surface area contributed by atoms with Gasteiger partial charge in [-0.25, -0.2) is 4.79 Å². The SMILES string of the molecule is CCOc1ccc(-c2ccc(C=C=O)cc2)c(OCOC)c1. The molecule has 22 heavy (non-hydrogen) atoms. The molecule has 114 valence electrons. The predicted octanol–water partition coefficient (Wildman–Crippen LogP) is 3.58. The Morgan fingerprint density at radius 2 is 1.86 bits per heavy atom. The minimum Gasteiger partial charge on any atom is -0.494 e. The van der Waals surface area contributed by atoms with Crippen molar-refractivity contribution < 1.29 is 19.0 Å². The maximum absolute atomic E-state index is 10.4. The van der Waals surface area contributed by atoms with Crippen LogP contribution in [0.5, 0.6) is 11.5 Å². The third-order valence-electron chi connectivity index (χ3n) is 3.04. The number of hydrogen-bond acceptors (Lipinski definition) is 4. The molecule has 4 heteroatoms. The molecule has 0 radical (unpaired) electrons. The Morgan fingerprint density at radius 1 is 1.09 bits per heavy atom. The summed E-state index contributed by atoms with van der Waals surface area (Å²) in [4.78, 5) is 10.4. The Kier molecular flexibility index (Phi) is 5.78. The zero-order valence-corrected chi connectivity index (χ0v) is 12.7. The van der Waals surface area contributed by atoms with E-state index in [0.717, 1.165) is 22.4 Å². The van der Waals surface area contributed by atoms with Crippen molar-refractivity contribution >= 4 is 12.0 Å². The van der Waals surface area contributed by atoms with E-state index in [1.54, 1.807) is 13.1 Å². The fourth-order valence-corrected chi connectivity index (χ4v) is 2.07. The summed E-state index contributed by atoms with van der Waals surface area (Å²) in [5, 5.41) is 0. The number of rotatable bonds is 7. The van der Waals surface area contributed by atoms with Gasteiger partial charge in [0, 0.05) is 24.8 Å². The van der Waals surface area contributed by atoms with Crippen LogP contribution in [0.25, 0.3) is 17.2 Å². The lowest BCUT2D eigenvalue weighted by molar-refractivity contribution is 0.0513. The molecular weight excluding hydrogens is 280 g/mol. The van der Waals surface area contributed by atoms with Gasteiger partial charge in [-0.15, -0.1) is 0 Å². The van der Waals surface area contributed by atoms with Gasteiger partial charge in [-0.2, -0.15) is 0 Å². The van der Waals surface area contributed by atoms with Crippen molar-refractivity contribution in [2.45, 2.75) is 6.92 Å². The summed E-state index contributed by atoms with van der Waals surface area (Å²) in [6, 6.07) is 13.3. The van der Waals surface area contributed by atoms with Gasteiger partial charge in [-0.05, 0) is 30.2 Å². The van der Waals surface area contributed by atoms with Gasteiger partial charge in [-0.3, -0.25) is 0 Å². The van der Waals surface area contributed by atoms with Crippen LogP contribution in [0.1, 0.15) is 12.5 Å². The minimum absolute atomic E-state index is 0.161. The maximum atomic E-state index is 10.4. The average Bonchev–Trinajstić information content (AvgIpc) is 2.55. The molecule has 2 aromatic carbocycles. The fraction of sp³-hybridized carbons (Fsp3) is 0.222. The molecule has 2 rings (SSSR count). The molecule has 2 aromatic rings. The maximum Gasteiger partial charge on any atom is 0.188 e. The molecule has 0 bridgehead atoms. The van der Waals surface area contributed by atoms with Crippen molar-refractivity contribution in [3.8, 4) is 22.6 Å². The van der Waals surface area contributed by atoms with Crippen LogP contribution in [-0.2, 0) is 9.53 Å². The van der Waals surface area contributed by atoms with Gasteiger partial charge in [0.1, 0.15) is 17.4 Å². The molecule has 0 N–H and O–H groups in total. The second kappa shape index (κ2) is 8.03.